The third-order valence-corrected chi connectivity index (χ3v) is 12.6. The number of amides is 4. The van der Waals surface area contributed by atoms with Gasteiger partial charge in [-0.15, -0.1) is 12.4 Å². The van der Waals surface area contributed by atoms with Gasteiger partial charge in [-0.25, -0.2) is 28.3 Å². The van der Waals surface area contributed by atoms with Crippen LogP contribution in [0.2, 0.25) is 0 Å². The van der Waals surface area contributed by atoms with E-state index in [2.05, 4.69) is 19.8 Å². The zero-order valence-electron chi connectivity index (χ0n) is 39.0. The van der Waals surface area contributed by atoms with Gasteiger partial charge >= 0.3 is 12.1 Å². The van der Waals surface area contributed by atoms with E-state index in [-0.39, 0.29) is 48.2 Å². The Bertz CT molecular complexity index is 2570. The third kappa shape index (κ3) is 12.7. The molecule has 4 N–H and O–H groups in total. The average Bonchev–Trinajstić information content (AvgIpc) is 4.07. The molecule has 4 heterocycles. The molecule has 0 radical (unpaired) electrons. The number of nitrogens with two attached hydrogens (primary N) is 2. The Morgan fingerprint density at radius 2 is 0.986 bits per heavy atom. The van der Waals surface area contributed by atoms with Crippen molar-refractivity contribution in [1.82, 2.24) is 38.7 Å². The SMILES string of the molecule is COc1ccc(F)c(CN2CCC(N(C)C(=O)n3cnc(-c4cccc(C(N)=O)c4)c3)CC2)c1.COc1ccc(F)c(CN2CCC(N(C)C(=O)n3cnc(-c4cccc(C(N)=O)c4)c3)CC2)c1.Cl. The van der Waals surface area contributed by atoms with Gasteiger partial charge in [0.15, 0.2) is 0 Å². The molecule has 2 aromatic heterocycles. The van der Waals surface area contributed by atoms with Gasteiger partial charge in [0.1, 0.15) is 35.8 Å². The normalized spacial score (nSPS) is 14.5. The minimum atomic E-state index is -0.516. The van der Waals surface area contributed by atoms with Gasteiger partial charge < -0.3 is 30.7 Å². The lowest BCUT2D eigenvalue weighted by molar-refractivity contribution is 0.0992. The van der Waals surface area contributed by atoms with Crippen LogP contribution in [0.25, 0.3) is 22.5 Å². The number of imidazole rings is 2. The molecule has 0 saturated carbocycles. The third-order valence-electron chi connectivity index (χ3n) is 12.6. The highest BCUT2D eigenvalue weighted by Gasteiger charge is 2.29. The summed E-state index contributed by atoms with van der Waals surface area (Å²) in [6, 6.07) is 23.0. The molecule has 2 aliphatic heterocycles. The Kier molecular flexibility index (Phi) is 17.3. The number of rotatable bonds is 12. The number of primary amides is 2. The fraction of sp³-hybridized carbons (Fsp3) is 0.320. The highest BCUT2D eigenvalue weighted by atomic mass is 35.5. The van der Waals surface area contributed by atoms with E-state index in [1.807, 2.05) is 12.1 Å². The molecular formula is C50H57ClF2N10O6. The second-order valence-corrected chi connectivity index (χ2v) is 16.9. The fourth-order valence-corrected chi connectivity index (χ4v) is 8.50. The van der Waals surface area contributed by atoms with Crippen LogP contribution in [0.4, 0.5) is 18.4 Å². The van der Waals surface area contributed by atoms with Gasteiger partial charge in [0, 0.05) is 111 Å². The number of benzene rings is 4. The molecule has 4 aromatic carbocycles. The van der Waals surface area contributed by atoms with Gasteiger partial charge in [-0.3, -0.25) is 28.5 Å². The van der Waals surface area contributed by atoms with Gasteiger partial charge in [0.25, 0.3) is 0 Å². The number of methoxy groups -OCH3 is 2. The van der Waals surface area contributed by atoms with Crippen molar-refractivity contribution >= 4 is 36.3 Å². The topological polar surface area (TPSA) is 187 Å². The Balaban J connectivity index is 0.000000224. The molecule has 2 fully saturated rings. The zero-order valence-corrected chi connectivity index (χ0v) is 39.8. The lowest BCUT2D eigenvalue weighted by atomic mass is 10.0. The van der Waals surface area contributed by atoms with E-state index in [9.17, 15) is 28.0 Å². The summed E-state index contributed by atoms with van der Waals surface area (Å²) in [4.78, 5) is 65.5. The maximum Gasteiger partial charge on any atom is 0.329 e. The molecule has 0 unspecified atom stereocenters. The predicted molar refractivity (Wildman–Crippen MR) is 259 cm³/mol. The number of hydrogen-bond donors (Lipinski definition) is 2. The first-order valence-electron chi connectivity index (χ1n) is 22.2. The van der Waals surface area contributed by atoms with Crippen molar-refractivity contribution in [3.63, 3.8) is 0 Å². The molecule has 16 nitrogen and oxygen atoms in total. The van der Waals surface area contributed by atoms with E-state index < -0.39 is 11.8 Å². The number of likely N-dealkylation sites (tertiary alicyclic amines) is 2. The molecule has 0 atom stereocenters. The summed E-state index contributed by atoms with van der Waals surface area (Å²) >= 11 is 0. The molecule has 364 valence electrons. The largest absolute Gasteiger partial charge is 0.497 e. The standard InChI is InChI=1S/2C25H28FN5O3.ClH/c2*1-29(20-8-10-30(11-9-20)14-19-13-21(34-2)6-7-22(19)26)25(33)31-15-23(28-16-31)17-4-3-5-18(12-17)24(27)32;/h2*3-7,12-13,15-16,20H,8-11,14H2,1-2H3,(H2,27,32);1H. The van der Waals surface area contributed by atoms with E-state index in [4.69, 9.17) is 20.9 Å². The van der Waals surface area contributed by atoms with Crippen LogP contribution in [-0.2, 0) is 13.1 Å². The average molecular weight is 968 g/mol. The molecule has 0 aliphatic carbocycles. The summed E-state index contributed by atoms with van der Waals surface area (Å²) in [5.41, 5.74) is 15.3. The number of nitrogens with zero attached hydrogens (tertiary/aromatic N) is 8. The number of halogens is 3. The van der Waals surface area contributed by atoms with E-state index in [0.717, 1.165) is 51.9 Å². The summed E-state index contributed by atoms with van der Waals surface area (Å²) in [5.74, 6) is -0.245. The van der Waals surface area contributed by atoms with Crippen molar-refractivity contribution in [1.29, 1.82) is 0 Å². The molecular weight excluding hydrogens is 910 g/mol. The number of carbonyl (C=O) groups is 4. The van der Waals surface area contributed by atoms with E-state index in [1.54, 1.807) is 111 Å². The van der Waals surface area contributed by atoms with Crippen LogP contribution in [0.5, 0.6) is 11.5 Å². The van der Waals surface area contributed by atoms with E-state index >= 15 is 0 Å². The maximum absolute atomic E-state index is 14.2. The minimum absolute atomic E-state index is 0. The lowest BCUT2D eigenvalue weighted by Crippen LogP contribution is -2.46. The van der Waals surface area contributed by atoms with Crippen LogP contribution in [0, 0.1) is 11.6 Å². The monoisotopic (exact) mass is 966 g/mol. The summed E-state index contributed by atoms with van der Waals surface area (Å²) in [5, 5.41) is 0. The molecule has 8 rings (SSSR count). The lowest BCUT2D eigenvalue weighted by Gasteiger charge is -2.36. The van der Waals surface area contributed by atoms with Crippen LogP contribution < -0.4 is 20.9 Å². The first-order valence-corrected chi connectivity index (χ1v) is 22.2. The Labute approximate surface area is 405 Å². The van der Waals surface area contributed by atoms with Crippen molar-refractivity contribution < 1.29 is 37.4 Å². The van der Waals surface area contributed by atoms with Gasteiger partial charge in [-0.05, 0) is 86.3 Å². The summed E-state index contributed by atoms with van der Waals surface area (Å²) in [7, 11) is 6.71. The quantitative estimate of drug-likeness (QED) is 0.128. The first-order chi connectivity index (χ1) is 32.7. The highest BCUT2D eigenvalue weighted by Crippen LogP contribution is 2.26. The number of piperidine rings is 2. The van der Waals surface area contributed by atoms with Gasteiger partial charge in [-0.1, -0.05) is 24.3 Å². The second-order valence-electron chi connectivity index (χ2n) is 16.9. The van der Waals surface area contributed by atoms with Crippen molar-refractivity contribution in [2.45, 2.75) is 50.9 Å². The van der Waals surface area contributed by atoms with Crippen LogP contribution in [0.15, 0.2) is 110 Å². The second kappa shape index (κ2) is 23.2. The molecule has 0 spiro atoms. The minimum Gasteiger partial charge on any atom is -0.497 e. The van der Waals surface area contributed by atoms with Crippen molar-refractivity contribution in [2.75, 3.05) is 54.5 Å². The van der Waals surface area contributed by atoms with Crippen molar-refractivity contribution in [3.8, 4) is 34.0 Å². The molecule has 4 amide bonds. The van der Waals surface area contributed by atoms with Gasteiger partial charge in [0.05, 0.1) is 25.6 Å². The molecule has 2 saturated heterocycles. The molecule has 0 bridgehead atoms. The number of aromatic nitrogens is 4. The Morgan fingerprint density at radius 1 is 0.609 bits per heavy atom. The summed E-state index contributed by atoms with van der Waals surface area (Å²) in [6.45, 7) is 4.04. The maximum atomic E-state index is 14.2. The number of hydrogen-bond acceptors (Lipinski definition) is 10. The van der Waals surface area contributed by atoms with Crippen LogP contribution in [0.1, 0.15) is 57.5 Å². The molecule has 2 aliphatic rings. The van der Waals surface area contributed by atoms with Crippen LogP contribution >= 0.6 is 12.4 Å². The van der Waals surface area contributed by atoms with E-state index in [0.29, 0.717) is 69.4 Å². The van der Waals surface area contributed by atoms with Gasteiger partial charge in [0.2, 0.25) is 11.8 Å². The number of ether oxygens (including phenoxy) is 2. The van der Waals surface area contributed by atoms with Crippen LogP contribution in [0.3, 0.4) is 0 Å². The highest BCUT2D eigenvalue weighted by molar-refractivity contribution is 5.94. The zero-order chi connectivity index (χ0) is 48.5. The Morgan fingerprint density at radius 3 is 1.33 bits per heavy atom. The van der Waals surface area contributed by atoms with Crippen molar-refractivity contribution in [3.05, 3.63) is 144 Å². The summed E-state index contributed by atoms with van der Waals surface area (Å²) < 4.78 is 41.7. The summed E-state index contributed by atoms with van der Waals surface area (Å²) in [6.07, 6.45) is 9.41. The first kappa shape index (κ1) is 51.2. The molecule has 19 heteroatoms. The number of carbonyl (C=O) groups excluding carboxylic acids is 4. The van der Waals surface area contributed by atoms with Gasteiger partial charge in [-0.2, -0.15) is 0 Å². The molecule has 6 aromatic rings. The Hall–Kier alpha value is -7.15. The van der Waals surface area contributed by atoms with Crippen LogP contribution in [-0.4, -0.2) is 129 Å². The van der Waals surface area contributed by atoms with Crippen molar-refractivity contribution in [2.24, 2.45) is 11.5 Å². The smallest absolute Gasteiger partial charge is 0.329 e. The molecule has 69 heavy (non-hydrogen) atoms. The predicted octanol–water partition coefficient (Wildman–Crippen LogP) is 7.14. The fourth-order valence-electron chi connectivity index (χ4n) is 8.50. The van der Waals surface area contributed by atoms with E-state index in [1.165, 1.54) is 33.9 Å².